The van der Waals surface area contributed by atoms with Crippen molar-refractivity contribution in [1.29, 1.82) is 0 Å². The fourth-order valence-corrected chi connectivity index (χ4v) is 3.37. The molecule has 0 amide bonds. The van der Waals surface area contributed by atoms with E-state index < -0.39 is 0 Å². The second-order valence-corrected chi connectivity index (χ2v) is 6.58. The van der Waals surface area contributed by atoms with Gasteiger partial charge in [0.2, 0.25) is 0 Å². The SMILES string of the molecule is C/C=C\C(=C/CC)Cc1ccccc1[SH+]C/C=C\CC=CCC. The van der Waals surface area contributed by atoms with Crippen LogP contribution in [0.3, 0.4) is 0 Å². The lowest BCUT2D eigenvalue weighted by Gasteiger charge is -2.04. The van der Waals surface area contributed by atoms with Crippen LogP contribution in [-0.2, 0) is 18.2 Å². The summed E-state index contributed by atoms with van der Waals surface area (Å²) in [5.74, 6) is 1.09. The number of hydrogen-bond donors (Lipinski definition) is 0. The van der Waals surface area contributed by atoms with Gasteiger partial charge in [-0.3, -0.25) is 0 Å². The Morgan fingerprint density at radius 2 is 1.78 bits per heavy atom. The molecule has 0 fully saturated rings. The van der Waals surface area contributed by atoms with Crippen molar-refractivity contribution in [2.45, 2.75) is 51.3 Å². The Kier molecular flexibility index (Phi) is 11.1. The van der Waals surface area contributed by atoms with Gasteiger partial charge in [0, 0.05) is 23.7 Å². The van der Waals surface area contributed by atoms with E-state index in [1.165, 1.54) is 27.8 Å². The number of thiol groups is 1. The minimum absolute atomic E-state index is 1.03. The summed E-state index contributed by atoms with van der Waals surface area (Å²) in [5.41, 5.74) is 2.86. The first-order valence-corrected chi connectivity index (χ1v) is 9.76. The third-order valence-electron chi connectivity index (χ3n) is 3.44. The molecular weight excluding hydrogens is 296 g/mol. The Bertz CT molecular complexity index is 547. The molecule has 0 spiro atoms. The van der Waals surface area contributed by atoms with Crippen LogP contribution in [0.1, 0.15) is 45.6 Å². The van der Waals surface area contributed by atoms with Crippen LogP contribution in [0.2, 0.25) is 0 Å². The maximum absolute atomic E-state index is 2.33. The molecule has 1 aromatic carbocycles. The van der Waals surface area contributed by atoms with Crippen molar-refractivity contribution >= 4 is 11.8 Å². The van der Waals surface area contributed by atoms with Crippen molar-refractivity contribution in [1.82, 2.24) is 0 Å². The molecule has 0 unspecified atom stereocenters. The Morgan fingerprint density at radius 1 is 1.00 bits per heavy atom. The third kappa shape index (κ3) is 8.66. The molecule has 1 heteroatoms. The minimum Gasteiger partial charge on any atom is -0.0885 e. The number of rotatable bonds is 10. The topological polar surface area (TPSA) is 0 Å². The monoisotopic (exact) mass is 327 g/mol. The molecule has 124 valence electrons. The molecule has 0 bridgehead atoms. The highest BCUT2D eigenvalue weighted by Gasteiger charge is 2.09. The molecule has 1 rings (SSSR count). The normalized spacial score (nSPS) is 12.9. The van der Waals surface area contributed by atoms with Gasteiger partial charge in [0.1, 0.15) is 5.75 Å². The largest absolute Gasteiger partial charge is 0.156 e. The first-order chi connectivity index (χ1) is 11.3. The molecule has 1 aromatic rings. The molecular formula is C22H31S+. The van der Waals surface area contributed by atoms with Gasteiger partial charge in [-0.15, -0.1) is 0 Å². The second-order valence-electron chi connectivity index (χ2n) is 5.42. The number of allylic oxidation sites excluding steroid dienone is 7. The second kappa shape index (κ2) is 13.0. The van der Waals surface area contributed by atoms with E-state index in [-0.39, 0.29) is 0 Å². The zero-order valence-corrected chi connectivity index (χ0v) is 15.7. The summed E-state index contributed by atoms with van der Waals surface area (Å²) >= 11 is 1.39. The van der Waals surface area contributed by atoms with Gasteiger partial charge in [0.25, 0.3) is 0 Å². The minimum atomic E-state index is 1.03. The molecule has 0 aliphatic heterocycles. The molecule has 0 nitrogen and oxygen atoms in total. The molecule has 23 heavy (non-hydrogen) atoms. The molecule has 0 N–H and O–H groups in total. The van der Waals surface area contributed by atoms with Crippen LogP contribution in [0, 0.1) is 0 Å². The summed E-state index contributed by atoms with van der Waals surface area (Å²) in [7, 11) is 0. The van der Waals surface area contributed by atoms with E-state index in [1.54, 1.807) is 0 Å². The zero-order chi connectivity index (χ0) is 16.8. The lowest BCUT2D eigenvalue weighted by atomic mass is 10.0. The Morgan fingerprint density at radius 3 is 2.52 bits per heavy atom. The first-order valence-electron chi connectivity index (χ1n) is 8.68. The van der Waals surface area contributed by atoms with E-state index in [2.05, 4.69) is 87.6 Å². The Balaban J connectivity index is 2.63. The smallest absolute Gasteiger partial charge is 0.0885 e. The van der Waals surface area contributed by atoms with E-state index in [9.17, 15) is 0 Å². The van der Waals surface area contributed by atoms with E-state index in [1.807, 2.05) is 0 Å². The van der Waals surface area contributed by atoms with E-state index in [0.717, 1.165) is 31.4 Å². The van der Waals surface area contributed by atoms with E-state index >= 15 is 0 Å². The molecule has 0 saturated carbocycles. The summed E-state index contributed by atoms with van der Waals surface area (Å²) in [6.45, 7) is 6.46. The fraction of sp³-hybridized carbons (Fsp3) is 0.364. The Hall–Kier alpha value is -1.47. The van der Waals surface area contributed by atoms with Crippen LogP contribution >= 0.6 is 0 Å². The summed E-state index contributed by atoms with van der Waals surface area (Å²) in [6.07, 6.45) is 20.0. The van der Waals surface area contributed by atoms with Crippen LogP contribution in [0.5, 0.6) is 0 Å². The van der Waals surface area contributed by atoms with Crippen molar-refractivity contribution in [2.24, 2.45) is 0 Å². The van der Waals surface area contributed by atoms with Gasteiger partial charge in [0.15, 0.2) is 4.90 Å². The molecule has 0 aliphatic carbocycles. The van der Waals surface area contributed by atoms with Crippen LogP contribution in [-0.4, -0.2) is 5.75 Å². The molecule has 0 aliphatic rings. The van der Waals surface area contributed by atoms with Crippen molar-refractivity contribution in [2.75, 3.05) is 5.75 Å². The highest BCUT2D eigenvalue weighted by Crippen LogP contribution is 2.17. The van der Waals surface area contributed by atoms with Gasteiger partial charge in [0.05, 0.1) is 0 Å². The average Bonchev–Trinajstić information content (AvgIpc) is 2.56. The number of hydrogen-bond acceptors (Lipinski definition) is 0. The van der Waals surface area contributed by atoms with E-state index in [0.29, 0.717) is 0 Å². The lowest BCUT2D eigenvalue weighted by molar-refractivity contribution is 1.09. The van der Waals surface area contributed by atoms with Crippen LogP contribution < -0.4 is 0 Å². The number of benzene rings is 1. The maximum Gasteiger partial charge on any atom is 0.156 e. The van der Waals surface area contributed by atoms with Crippen LogP contribution in [0.15, 0.2) is 77.3 Å². The van der Waals surface area contributed by atoms with Gasteiger partial charge < -0.3 is 0 Å². The Labute approximate surface area is 147 Å². The molecule has 0 atom stereocenters. The summed E-state index contributed by atoms with van der Waals surface area (Å²) in [4.78, 5) is 1.45. The van der Waals surface area contributed by atoms with Gasteiger partial charge in [-0.25, -0.2) is 0 Å². The van der Waals surface area contributed by atoms with Gasteiger partial charge in [-0.1, -0.05) is 68.5 Å². The van der Waals surface area contributed by atoms with Crippen LogP contribution in [0.25, 0.3) is 0 Å². The summed E-state index contributed by atoms with van der Waals surface area (Å²) in [5, 5.41) is 0. The summed E-state index contributed by atoms with van der Waals surface area (Å²) in [6, 6.07) is 8.83. The highest BCUT2D eigenvalue weighted by molar-refractivity contribution is 7.78. The van der Waals surface area contributed by atoms with Crippen molar-refractivity contribution in [3.8, 4) is 0 Å². The predicted octanol–water partition coefficient (Wildman–Crippen LogP) is 6.23. The van der Waals surface area contributed by atoms with Gasteiger partial charge in [-0.05, 0) is 43.9 Å². The zero-order valence-electron chi connectivity index (χ0n) is 14.8. The molecule has 0 radical (unpaired) electrons. The maximum atomic E-state index is 2.33. The van der Waals surface area contributed by atoms with E-state index in [4.69, 9.17) is 0 Å². The molecule has 0 saturated heterocycles. The summed E-state index contributed by atoms with van der Waals surface area (Å²) < 4.78 is 0. The molecule has 0 aromatic heterocycles. The fourth-order valence-electron chi connectivity index (χ4n) is 2.37. The van der Waals surface area contributed by atoms with Gasteiger partial charge in [-0.2, -0.15) is 0 Å². The molecule has 0 heterocycles. The van der Waals surface area contributed by atoms with Crippen molar-refractivity contribution in [3.63, 3.8) is 0 Å². The first kappa shape index (κ1) is 19.6. The third-order valence-corrected chi connectivity index (χ3v) is 4.61. The van der Waals surface area contributed by atoms with Gasteiger partial charge >= 0.3 is 0 Å². The quantitative estimate of drug-likeness (QED) is 0.207. The van der Waals surface area contributed by atoms with Crippen molar-refractivity contribution in [3.05, 3.63) is 77.9 Å². The average molecular weight is 328 g/mol. The predicted molar refractivity (Wildman–Crippen MR) is 108 cm³/mol. The van der Waals surface area contributed by atoms with Crippen LogP contribution in [0.4, 0.5) is 0 Å². The standard InChI is InChI=1S/C22H30S/c1-4-7-8-9-10-13-18-23-22-17-12-11-16-21(22)19-20(14-5-2)15-6-3/h5,7-8,10-17H,4,6,9,18-19H2,1-3H3/p+1/b8-7?,13-10-,14-5-,20-15+. The highest BCUT2D eigenvalue weighted by atomic mass is 32.2. The lowest BCUT2D eigenvalue weighted by Crippen LogP contribution is -1.96. The van der Waals surface area contributed by atoms with Crippen molar-refractivity contribution < 1.29 is 0 Å².